The number of Topliss-reactive ketones (excluding diaryl/α,β-unsaturated/α-hetero) is 1. The number of fused-ring (bicyclic) bond motifs is 3. The number of carbonyl (C=O) groups is 2. The van der Waals surface area contributed by atoms with Gasteiger partial charge in [0, 0.05) is 24.7 Å². The van der Waals surface area contributed by atoms with Crippen molar-refractivity contribution < 1.29 is 29.3 Å². The summed E-state index contributed by atoms with van der Waals surface area (Å²) in [7, 11) is 0. The Morgan fingerprint density at radius 3 is 2.39 bits per heavy atom. The van der Waals surface area contributed by atoms with Crippen molar-refractivity contribution in [2.45, 2.75) is 90.3 Å². The number of aliphatic hydroxyl groups excluding tert-OH is 2. The first kappa shape index (κ1) is 21.5. The summed E-state index contributed by atoms with van der Waals surface area (Å²) in [4.78, 5) is 25.4. The highest BCUT2D eigenvalue weighted by Gasteiger charge is 2.73. The third-order valence-corrected chi connectivity index (χ3v) is 7.73. The van der Waals surface area contributed by atoms with E-state index in [4.69, 9.17) is 9.47 Å². The van der Waals surface area contributed by atoms with E-state index in [0.29, 0.717) is 12.8 Å². The van der Waals surface area contributed by atoms with Crippen molar-refractivity contribution in [2.24, 2.45) is 22.7 Å². The molecule has 2 aliphatic carbocycles. The van der Waals surface area contributed by atoms with Crippen LogP contribution >= 0.6 is 0 Å². The van der Waals surface area contributed by atoms with Gasteiger partial charge in [0.15, 0.2) is 6.10 Å². The highest BCUT2D eigenvalue weighted by atomic mass is 16.6. The van der Waals surface area contributed by atoms with Crippen LogP contribution in [0.15, 0.2) is 12.7 Å². The molecule has 1 heterocycles. The average molecular weight is 395 g/mol. The lowest BCUT2D eigenvalue weighted by atomic mass is 9.41. The second kappa shape index (κ2) is 6.38. The van der Waals surface area contributed by atoms with Gasteiger partial charge in [-0.25, -0.2) is 0 Å². The molecule has 0 aromatic carbocycles. The number of ketones is 1. The molecule has 2 N–H and O–H groups in total. The van der Waals surface area contributed by atoms with E-state index in [2.05, 4.69) is 6.58 Å². The third kappa shape index (κ3) is 2.79. The Hall–Kier alpha value is -1.24. The smallest absolute Gasteiger partial charge is 0.303 e. The maximum atomic E-state index is 13.5. The summed E-state index contributed by atoms with van der Waals surface area (Å²) in [6.45, 7) is 14.6. The van der Waals surface area contributed by atoms with Gasteiger partial charge < -0.3 is 19.7 Å². The molecule has 3 rings (SSSR count). The lowest BCUT2D eigenvalue weighted by Gasteiger charge is -2.68. The van der Waals surface area contributed by atoms with Gasteiger partial charge in [-0.15, -0.1) is 6.58 Å². The lowest BCUT2D eigenvalue weighted by molar-refractivity contribution is -0.321. The maximum absolute atomic E-state index is 13.5. The van der Waals surface area contributed by atoms with E-state index in [0.717, 1.165) is 0 Å². The van der Waals surface area contributed by atoms with Crippen molar-refractivity contribution in [1.82, 2.24) is 0 Å². The van der Waals surface area contributed by atoms with Crippen LogP contribution in [0.25, 0.3) is 0 Å². The fourth-order valence-corrected chi connectivity index (χ4v) is 6.77. The number of carbonyl (C=O) groups excluding carboxylic acids is 2. The van der Waals surface area contributed by atoms with E-state index in [1.54, 1.807) is 19.9 Å². The highest BCUT2D eigenvalue weighted by Crippen LogP contribution is 2.65. The number of hydrogen-bond donors (Lipinski definition) is 2. The van der Waals surface area contributed by atoms with Gasteiger partial charge in [0.1, 0.15) is 11.4 Å². The van der Waals surface area contributed by atoms with Crippen molar-refractivity contribution >= 4 is 11.8 Å². The van der Waals surface area contributed by atoms with Gasteiger partial charge in [0.25, 0.3) is 0 Å². The van der Waals surface area contributed by atoms with Gasteiger partial charge in [0.05, 0.1) is 23.7 Å². The zero-order valence-electron chi connectivity index (χ0n) is 17.8. The van der Waals surface area contributed by atoms with E-state index in [1.807, 2.05) is 20.8 Å². The Bertz CT molecular complexity index is 701. The van der Waals surface area contributed by atoms with E-state index < -0.39 is 52.7 Å². The highest BCUT2D eigenvalue weighted by molar-refractivity contribution is 5.86. The first-order chi connectivity index (χ1) is 12.7. The second-order valence-electron chi connectivity index (χ2n) is 10.3. The van der Waals surface area contributed by atoms with Crippen molar-refractivity contribution in [3.05, 3.63) is 12.7 Å². The van der Waals surface area contributed by atoms with Crippen LogP contribution < -0.4 is 0 Å². The molecule has 6 unspecified atom stereocenters. The number of ether oxygens (including phenoxy) is 2. The summed E-state index contributed by atoms with van der Waals surface area (Å²) in [6, 6.07) is 0. The van der Waals surface area contributed by atoms with Gasteiger partial charge >= 0.3 is 5.97 Å². The fraction of sp³-hybridized carbons (Fsp3) is 0.818. The molecular formula is C22H34O6. The van der Waals surface area contributed by atoms with E-state index in [-0.39, 0.29) is 17.6 Å². The molecule has 2 saturated carbocycles. The molecule has 0 spiro atoms. The summed E-state index contributed by atoms with van der Waals surface area (Å²) >= 11 is 0. The van der Waals surface area contributed by atoms with Crippen LogP contribution in [0, 0.1) is 22.7 Å². The van der Waals surface area contributed by atoms with Crippen LogP contribution in [-0.2, 0) is 19.1 Å². The van der Waals surface area contributed by atoms with Crippen molar-refractivity contribution in [3.63, 3.8) is 0 Å². The second-order valence-corrected chi connectivity index (χ2v) is 10.3. The number of esters is 1. The first-order valence-electron chi connectivity index (χ1n) is 10.1. The summed E-state index contributed by atoms with van der Waals surface area (Å²) in [5.74, 6) is -1.72. The zero-order valence-corrected chi connectivity index (χ0v) is 17.8. The van der Waals surface area contributed by atoms with Gasteiger partial charge in [-0.2, -0.15) is 0 Å². The monoisotopic (exact) mass is 394 g/mol. The van der Waals surface area contributed by atoms with Crippen molar-refractivity contribution in [2.75, 3.05) is 0 Å². The Balaban J connectivity index is 2.24. The van der Waals surface area contributed by atoms with E-state index >= 15 is 0 Å². The molecule has 6 nitrogen and oxygen atoms in total. The predicted octanol–water partition coefficient (Wildman–Crippen LogP) is 2.41. The largest absolute Gasteiger partial charge is 0.457 e. The van der Waals surface area contributed by atoms with Crippen LogP contribution in [0.1, 0.15) is 60.8 Å². The Labute approximate surface area is 167 Å². The molecule has 0 bridgehead atoms. The third-order valence-electron chi connectivity index (χ3n) is 7.73. The van der Waals surface area contributed by atoms with Crippen LogP contribution in [0.3, 0.4) is 0 Å². The van der Waals surface area contributed by atoms with Gasteiger partial charge in [-0.05, 0) is 32.1 Å². The van der Waals surface area contributed by atoms with Crippen LogP contribution in [-0.4, -0.2) is 51.5 Å². The Morgan fingerprint density at radius 2 is 1.86 bits per heavy atom. The maximum Gasteiger partial charge on any atom is 0.303 e. The summed E-state index contributed by atoms with van der Waals surface area (Å²) in [5.41, 5.74) is -3.44. The standard InChI is InChI=1S/C22H34O6/c1-8-20(5)11-13(24)16-21(6)14(25)9-10-19(3,4)17(21)15(26)18(27-12(2)23)22(16,7)28-20/h8,14-18,25-26H,1,9-11H2,2-7H3/t14-,15?,16?,17?,18?,20-,21?,22?/m0/s1. The molecule has 0 aromatic heterocycles. The molecule has 8 atom stereocenters. The molecule has 1 aliphatic heterocycles. The predicted molar refractivity (Wildman–Crippen MR) is 103 cm³/mol. The molecule has 3 fully saturated rings. The summed E-state index contributed by atoms with van der Waals surface area (Å²) < 4.78 is 12.0. The minimum atomic E-state index is -1.27. The van der Waals surface area contributed by atoms with Crippen LogP contribution in [0.4, 0.5) is 0 Å². The normalized spacial score (nSPS) is 50.3. The number of hydrogen-bond acceptors (Lipinski definition) is 6. The molecule has 3 aliphatic rings. The number of aliphatic hydroxyl groups is 2. The molecule has 0 radical (unpaired) electrons. The fourth-order valence-electron chi connectivity index (χ4n) is 6.77. The summed E-state index contributed by atoms with van der Waals surface area (Å²) in [5, 5.41) is 22.6. The Morgan fingerprint density at radius 1 is 1.25 bits per heavy atom. The lowest BCUT2D eigenvalue weighted by Crippen LogP contribution is -2.77. The average Bonchev–Trinajstić information content (AvgIpc) is 2.54. The van der Waals surface area contributed by atoms with E-state index in [9.17, 15) is 19.8 Å². The van der Waals surface area contributed by atoms with Crippen molar-refractivity contribution in [1.29, 1.82) is 0 Å². The van der Waals surface area contributed by atoms with Gasteiger partial charge in [-0.3, -0.25) is 9.59 Å². The topological polar surface area (TPSA) is 93.1 Å². The summed E-state index contributed by atoms with van der Waals surface area (Å²) in [6.07, 6.45) is 0.128. The molecular weight excluding hydrogens is 360 g/mol. The number of rotatable bonds is 2. The minimum Gasteiger partial charge on any atom is -0.457 e. The van der Waals surface area contributed by atoms with Crippen LogP contribution in [0.5, 0.6) is 0 Å². The van der Waals surface area contributed by atoms with Crippen LogP contribution in [0.2, 0.25) is 0 Å². The SMILES string of the molecule is C=C[C@@]1(C)CC(=O)C2C(C)(O1)C(OC(C)=O)C(O)C1C(C)(C)CC[C@H](O)C12C. The molecule has 6 heteroatoms. The molecule has 0 amide bonds. The Kier molecular flexibility index (Phi) is 4.89. The zero-order chi connectivity index (χ0) is 21.3. The molecule has 158 valence electrons. The first-order valence-corrected chi connectivity index (χ1v) is 10.1. The minimum absolute atomic E-state index is 0.0514. The molecule has 28 heavy (non-hydrogen) atoms. The van der Waals surface area contributed by atoms with Crippen molar-refractivity contribution in [3.8, 4) is 0 Å². The molecule has 0 aromatic rings. The quantitative estimate of drug-likeness (QED) is 0.552. The van der Waals surface area contributed by atoms with Gasteiger partial charge in [0.2, 0.25) is 0 Å². The molecule has 1 saturated heterocycles. The van der Waals surface area contributed by atoms with E-state index in [1.165, 1.54) is 6.92 Å². The van der Waals surface area contributed by atoms with Gasteiger partial charge in [-0.1, -0.05) is 26.8 Å².